The van der Waals surface area contributed by atoms with E-state index in [-0.39, 0.29) is 6.04 Å². The maximum Gasteiger partial charge on any atom is 0.0640 e. The number of hydrogen-bond acceptors (Lipinski definition) is 3. The molecular formula is C15H22Cl2N2S. The Kier molecular flexibility index (Phi) is 6.50. The first-order chi connectivity index (χ1) is 9.61. The monoisotopic (exact) mass is 332 g/mol. The molecular weight excluding hydrogens is 311 g/mol. The van der Waals surface area contributed by atoms with Crippen LogP contribution in [0.15, 0.2) is 18.2 Å². The summed E-state index contributed by atoms with van der Waals surface area (Å²) in [6, 6.07) is 6.12. The maximum atomic E-state index is 6.32. The van der Waals surface area contributed by atoms with E-state index in [0.717, 1.165) is 23.8 Å². The maximum absolute atomic E-state index is 6.32. The summed E-state index contributed by atoms with van der Waals surface area (Å²) in [6.45, 7) is 5.78. The van der Waals surface area contributed by atoms with Crippen molar-refractivity contribution >= 4 is 35.0 Å². The fourth-order valence-electron chi connectivity index (χ4n) is 2.65. The molecule has 0 bridgehead atoms. The van der Waals surface area contributed by atoms with Crippen molar-refractivity contribution in [1.82, 2.24) is 10.2 Å². The third kappa shape index (κ3) is 4.28. The molecule has 0 radical (unpaired) electrons. The Balaban J connectivity index is 1.97. The lowest BCUT2D eigenvalue weighted by molar-refractivity contribution is 0.269. The smallest absolute Gasteiger partial charge is 0.0640 e. The highest BCUT2D eigenvalue weighted by molar-refractivity contribution is 7.99. The number of benzene rings is 1. The zero-order valence-corrected chi connectivity index (χ0v) is 14.4. The zero-order valence-electron chi connectivity index (χ0n) is 12.0. The highest BCUT2D eigenvalue weighted by Crippen LogP contribution is 2.31. The second kappa shape index (κ2) is 7.90. The predicted molar refractivity (Wildman–Crippen MR) is 91.2 cm³/mol. The minimum Gasteiger partial charge on any atom is -0.313 e. The van der Waals surface area contributed by atoms with Crippen molar-refractivity contribution in [2.24, 2.45) is 0 Å². The van der Waals surface area contributed by atoms with E-state index in [1.54, 1.807) is 0 Å². The molecule has 1 aliphatic rings. The van der Waals surface area contributed by atoms with E-state index in [2.05, 4.69) is 35.0 Å². The molecule has 0 saturated carbocycles. The summed E-state index contributed by atoms with van der Waals surface area (Å²) >= 11 is 14.5. The van der Waals surface area contributed by atoms with Crippen LogP contribution in [0.1, 0.15) is 24.9 Å². The van der Waals surface area contributed by atoms with Crippen LogP contribution >= 0.6 is 35.0 Å². The summed E-state index contributed by atoms with van der Waals surface area (Å²) < 4.78 is 0. The Hall–Kier alpha value is 0.0700. The van der Waals surface area contributed by atoms with Crippen LogP contribution < -0.4 is 5.32 Å². The van der Waals surface area contributed by atoms with E-state index < -0.39 is 0 Å². The van der Waals surface area contributed by atoms with E-state index in [0.29, 0.717) is 10.0 Å². The molecule has 1 aliphatic heterocycles. The first-order valence-corrected chi connectivity index (χ1v) is 8.87. The lowest BCUT2D eigenvalue weighted by atomic mass is 10.0. The van der Waals surface area contributed by atoms with Crippen LogP contribution in [0.5, 0.6) is 0 Å². The fraction of sp³-hybridized carbons (Fsp3) is 0.600. The van der Waals surface area contributed by atoms with Gasteiger partial charge in [-0.15, -0.1) is 0 Å². The summed E-state index contributed by atoms with van der Waals surface area (Å²) in [5.74, 6) is 1.24. The van der Waals surface area contributed by atoms with Crippen LogP contribution in [-0.4, -0.2) is 42.6 Å². The topological polar surface area (TPSA) is 15.3 Å². The van der Waals surface area contributed by atoms with E-state index in [9.17, 15) is 0 Å². The lowest BCUT2D eigenvalue weighted by Crippen LogP contribution is -2.38. The summed E-state index contributed by atoms with van der Waals surface area (Å²) in [7, 11) is 1.98. The number of nitrogens with zero attached hydrogens (tertiary/aromatic N) is 1. The van der Waals surface area contributed by atoms with Crippen molar-refractivity contribution in [3.63, 3.8) is 0 Å². The quantitative estimate of drug-likeness (QED) is 0.874. The van der Waals surface area contributed by atoms with E-state index >= 15 is 0 Å². The molecule has 2 atom stereocenters. The molecule has 2 rings (SSSR count). The first-order valence-electron chi connectivity index (χ1n) is 7.07. The van der Waals surface area contributed by atoms with Gasteiger partial charge in [-0.3, -0.25) is 0 Å². The Morgan fingerprint density at radius 2 is 2.25 bits per heavy atom. The van der Waals surface area contributed by atoms with Gasteiger partial charge in [0, 0.05) is 36.7 Å². The molecule has 0 aliphatic carbocycles. The first kappa shape index (κ1) is 16.4. The molecule has 1 fully saturated rings. The second-order valence-corrected chi connectivity index (χ2v) is 7.59. The van der Waals surface area contributed by atoms with Gasteiger partial charge in [-0.1, -0.05) is 42.3 Å². The van der Waals surface area contributed by atoms with Gasteiger partial charge in [0.25, 0.3) is 0 Å². The van der Waals surface area contributed by atoms with Crippen LogP contribution in [0, 0.1) is 0 Å². The van der Waals surface area contributed by atoms with Gasteiger partial charge in [-0.2, -0.15) is 11.8 Å². The van der Waals surface area contributed by atoms with E-state index in [1.807, 2.05) is 19.2 Å². The molecule has 0 amide bonds. The van der Waals surface area contributed by atoms with Crippen LogP contribution in [-0.2, 0) is 0 Å². The average Bonchev–Trinajstić information content (AvgIpc) is 2.44. The summed E-state index contributed by atoms with van der Waals surface area (Å²) in [5, 5.41) is 5.41. The molecule has 2 nitrogen and oxygen atoms in total. The van der Waals surface area contributed by atoms with Gasteiger partial charge in [0.1, 0.15) is 0 Å². The van der Waals surface area contributed by atoms with Gasteiger partial charge >= 0.3 is 0 Å². The summed E-state index contributed by atoms with van der Waals surface area (Å²) in [4.78, 5) is 2.55. The molecule has 1 N–H and O–H groups in total. The molecule has 1 heterocycles. The lowest BCUT2D eigenvalue weighted by Gasteiger charge is -2.31. The van der Waals surface area contributed by atoms with Crippen molar-refractivity contribution in [1.29, 1.82) is 0 Å². The number of hydrogen-bond donors (Lipinski definition) is 1. The van der Waals surface area contributed by atoms with Crippen LogP contribution in [0.4, 0.5) is 0 Å². The standard InChI is InChI=1S/C15H22Cl2N2S/c1-11-10-19(8-9-20-11)7-6-14(18-2)12-4-3-5-13(16)15(12)17/h3-5,11,14,18H,6-10H2,1-2H3. The molecule has 1 saturated heterocycles. The minimum atomic E-state index is 0.256. The molecule has 1 aromatic rings. The minimum absolute atomic E-state index is 0.256. The van der Waals surface area contributed by atoms with Crippen molar-refractivity contribution in [2.75, 3.05) is 32.4 Å². The van der Waals surface area contributed by atoms with Gasteiger partial charge < -0.3 is 10.2 Å². The van der Waals surface area contributed by atoms with Gasteiger partial charge in [-0.25, -0.2) is 0 Å². The molecule has 20 heavy (non-hydrogen) atoms. The number of halogens is 2. The van der Waals surface area contributed by atoms with Crippen molar-refractivity contribution in [3.8, 4) is 0 Å². The third-order valence-electron chi connectivity index (χ3n) is 3.76. The predicted octanol–water partition coefficient (Wildman–Crippen LogP) is 4.08. The van der Waals surface area contributed by atoms with Crippen LogP contribution in [0.3, 0.4) is 0 Å². The third-order valence-corrected chi connectivity index (χ3v) is 5.73. The normalized spacial score (nSPS) is 21.9. The van der Waals surface area contributed by atoms with E-state index in [1.165, 1.54) is 18.8 Å². The summed E-state index contributed by atoms with van der Waals surface area (Å²) in [6.07, 6.45) is 1.05. The summed E-state index contributed by atoms with van der Waals surface area (Å²) in [5.41, 5.74) is 1.10. The second-order valence-electron chi connectivity index (χ2n) is 5.25. The Morgan fingerprint density at radius 1 is 1.45 bits per heavy atom. The van der Waals surface area contributed by atoms with Gasteiger partial charge in [-0.05, 0) is 25.1 Å². The van der Waals surface area contributed by atoms with E-state index in [4.69, 9.17) is 23.2 Å². The largest absolute Gasteiger partial charge is 0.313 e. The van der Waals surface area contributed by atoms with Crippen LogP contribution in [0.2, 0.25) is 10.0 Å². The Labute approximate surface area is 136 Å². The van der Waals surface area contributed by atoms with Crippen molar-refractivity contribution in [2.45, 2.75) is 24.6 Å². The molecule has 2 unspecified atom stereocenters. The van der Waals surface area contributed by atoms with Gasteiger partial charge in [0.15, 0.2) is 0 Å². The number of thioether (sulfide) groups is 1. The molecule has 112 valence electrons. The molecule has 5 heteroatoms. The highest BCUT2D eigenvalue weighted by Gasteiger charge is 2.19. The number of nitrogens with one attached hydrogen (secondary N) is 1. The van der Waals surface area contributed by atoms with Gasteiger partial charge in [0.2, 0.25) is 0 Å². The van der Waals surface area contributed by atoms with Gasteiger partial charge in [0.05, 0.1) is 10.0 Å². The van der Waals surface area contributed by atoms with Crippen molar-refractivity contribution in [3.05, 3.63) is 33.8 Å². The SMILES string of the molecule is CNC(CCN1CCSC(C)C1)c1cccc(Cl)c1Cl. The zero-order chi connectivity index (χ0) is 14.5. The molecule has 1 aromatic carbocycles. The molecule has 0 aromatic heterocycles. The molecule has 0 spiro atoms. The Morgan fingerprint density at radius 3 is 2.95 bits per heavy atom. The highest BCUT2D eigenvalue weighted by atomic mass is 35.5. The fourth-order valence-corrected chi connectivity index (χ4v) is 4.17. The Bertz CT molecular complexity index is 442. The van der Waals surface area contributed by atoms with Crippen molar-refractivity contribution < 1.29 is 0 Å². The van der Waals surface area contributed by atoms with Crippen LogP contribution in [0.25, 0.3) is 0 Å². The average molecular weight is 333 g/mol. The number of rotatable bonds is 5.